The van der Waals surface area contributed by atoms with Crippen LogP contribution >= 0.6 is 0 Å². The molecule has 0 bridgehead atoms. The predicted octanol–water partition coefficient (Wildman–Crippen LogP) is 6.05. The maximum absolute atomic E-state index is 12.8. The summed E-state index contributed by atoms with van der Waals surface area (Å²) in [6.45, 7) is 7.26. The van der Waals surface area contributed by atoms with E-state index < -0.39 is 0 Å². The number of nitrogens with zero attached hydrogens (tertiary/aromatic N) is 2. The zero-order valence-electron chi connectivity index (χ0n) is 21.7. The number of methoxy groups -OCH3 is 1. The van der Waals surface area contributed by atoms with Crippen molar-refractivity contribution in [2.75, 3.05) is 13.7 Å². The molecule has 6 nitrogen and oxygen atoms in total. The average molecular weight is 498 g/mol. The largest absolute Gasteiger partial charge is 0.497 e. The fourth-order valence-electron chi connectivity index (χ4n) is 4.47. The molecule has 0 saturated heterocycles. The molecule has 0 aliphatic rings. The number of ether oxygens (including phenoxy) is 2. The highest BCUT2D eigenvalue weighted by Crippen LogP contribution is 2.23. The minimum Gasteiger partial charge on any atom is -0.497 e. The van der Waals surface area contributed by atoms with Crippen LogP contribution in [0.15, 0.2) is 85.5 Å². The van der Waals surface area contributed by atoms with Gasteiger partial charge in [-0.3, -0.25) is 4.79 Å². The highest BCUT2D eigenvalue weighted by Gasteiger charge is 2.18. The van der Waals surface area contributed by atoms with Crippen LogP contribution in [0.5, 0.6) is 11.5 Å². The second-order valence-corrected chi connectivity index (χ2v) is 9.08. The zero-order valence-corrected chi connectivity index (χ0v) is 21.7. The van der Waals surface area contributed by atoms with Crippen molar-refractivity contribution in [2.45, 2.75) is 45.2 Å². The summed E-state index contributed by atoms with van der Waals surface area (Å²) in [7, 11) is 1.63. The molecule has 0 saturated carbocycles. The van der Waals surface area contributed by atoms with Crippen LogP contribution in [0.2, 0.25) is 0 Å². The van der Waals surface area contributed by atoms with Crippen LogP contribution in [-0.2, 0) is 24.2 Å². The van der Waals surface area contributed by atoms with Crippen molar-refractivity contribution >= 4 is 16.9 Å². The standard InChI is InChI=1S/C31H35N3O3/c1-4-11-25-12-5-8-15-29(25)37-21-10-9-20-34-28-14-7-6-13-27(28)33-31(34)23(2)32-30(35)22-24-16-18-26(36-3)19-17-24/h4-8,12-19,23H,1,9-11,20-22H2,2-3H3,(H,32,35). The number of nitrogens with one attached hydrogen (secondary N) is 1. The maximum atomic E-state index is 12.8. The number of hydrogen-bond donors (Lipinski definition) is 1. The van der Waals surface area contributed by atoms with Crippen LogP contribution in [0.3, 0.4) is 0 Å². The summed E-state index contributed by atoms with van der Waals surface area (Å²) in [4.78, 5) is 17.6. The molecule has 1 amide bonds. The molecule has 4 rings (SSSR count). The zero-order chi connectivity index (χ0) is 26.0. The number of unbranched alkanes of at least 4 members (excludes halogenated alkanes) is 1. The lowest BCUT2D eigenvalue weighted by Gasteiger charge is -2.17. The monoisotopic (exact) mass is 497 g/mol. The fourth-order valence-corrected chi connectivity index (χ4v) is 4.47. The van der Waals surface area contributed by atoms with Gasteiger partial charge in [-0.05, 0) is 67.6 Å². The summed E-state index contributed by atoms with van der Waals surface area (Å²) in [6.07, 6.45) is 4.84. The van der Waals surface area contributed by atoms with Crippen LogP contribution in [0.25, 0.3) is 11.0 Å². The second-order valence-electron chi connectivity index (χ2n) is 9.08. The number of benzene rings is 3. The molecule has 0 aliphatic heterocycles. The SMILES string of the molecule is C=CCc1ccccc1OCCCCn1c(C(C)NC(=O)Cc2ccc(OC)cc2)nc2ccccc21. The van der Waals surface area contributed by atoms with Crippen molar-refractivity contribution in [1.29, 1.82) is 0 Å². The number of imidazole rings is 1. The number of hydrogen-bond acceptors (Lipinski definition) is 4. The quantitative estimate of drug-likeness (QED) is 0.180. The van der Waals surface area contributed by atoms with E-state index in [9.17, 15) is 4.79 Å². The molecule has 1 atom stereocenters. The Morgan fingerprint density at radius 3 is 2.59 bits per heavy atom. The van der Waals surface area contributed by atoms with Crippen LogP contribution in [0, 0.1) is 0 Å². The summed E-state index contributed by atoms with van der Waals surface area (Å²) < 4.78 is 13.5. The smallest absolute Gasteiger partial charge is 0.224 e. The molecule has 6 heteroatoms. The molecule has 1 N–H and O–H groups in total. The van der Waals surface area contributed by atoms with E-state index in [4.69, 9.17) is 14.5 Å². The van der Waals surface area contributed by atoms with E-state index in [1.54, 1.807) is 7.11 Å². The Labute approximate surface area is 218 Å². The Hall–Kier alpha value is -4.06. The van der Waals surface area contributed by atoms with Gasteiger partial charge in [0.1, 0.15) is 17.3 Å². The second kappa shape index (κ2) is 12.8. The summed E-state index contributed by atoms with van der Waals surface area (Å²) >= 11 is 0. The van der Waals surface area contributed by atoms with E-state index in [1.807, 2.05) is 73.7 Å². The number of aryl methyl sites for hydroxylation is 1. The first-order valence-electron chi connectivity index (χ1n) is 12.8. The lowest BCUT2D eigenvalue weighted by Crippen LogP contribution is -2.30. The van der Waals surface area contributed by atoms with Crippen LogP contribution in [0.4, 0.5) is 0 Å². The van der Waals surface area contributed by atoms with Gasteiger partial charge in [0.15, 0.2) is 0 Å². The van der Waals surface area contributed by atoms with Crippen LogP contribution in [0.1, 0.15) is 42.8 Å². The van der Waals surface area contributed by atoms with Crippen LogP contribution < -0.4 is 14.8 Å². The van der Waals surface area contributed by atoms with E-state index in [0.29, 0.717) is 13.0 Å². The first-order chi connectivity index (χ1) is 18.1. The normalized spacial score (nSPS) is 11.7. The molecular weight excluding hydrogens is 462 g/mol. The Balaban J connectivity index is 1.37. The average Bonchev–Trinajstić information content (AvgIpc) is 3.29. The minimum absolute atomic E-state index is 0.0390. The van der Waals surface area contributed by atoms with E-state index in [-0.39, 0.29) is 11.9 Å². The fraction of sp³-hybridized carbons (Fsp3) is 0.290. The van der Waals surface area contributed by atoms with Gasteiger partial charge in [0.25, 0.3) is 0 Å². The van der Waals surface area contributed by atoms with E-state index >= 15 is 0 Å². The molecule has 4 aromatic rings. The molecule has 0 spiro atoms. The van der Waals surface area contributed by atoms with Crippen molar-refractivity contribution in [2.24, 2.45) is 0 Å². The molecule has 1 unspecified atom stereocenters. The number of para-hydroxylation sites is 3. The van der Waals surface area contributed by atoms with Crippen molar-refractivity contribution in [3.05, 3.63) is 102 Å². The lowest BCUT2D eigenvalue weighted by molar-refractivity contribution is -0.121. The van der Waals surface area contributed by atoms with Gasteiger partial charge in [0.2, 0.25) is 5.91 Å². The van der Waals surface area contributed by atoms with Gasteiger partial charge in [-0.25, -0.2) is 4.98 Å². The summed E-state index contributed by atoms with van der Waals surface area (Å²) in [6, 6.07) is 23.6. The Morgan fingerprint density at radius 2 is 1.81 bits per heavy atom. The molecule has 192 valence electrons. The van der Waals surface area contributed by atoms with Gasteiger partial charge < -0.3 is 19.4 Å². The Morgan fingerprint density at radius 1 is 1.05 bits per heavy atom. The minimum atomic E-state index is -0.222. The predicted molar refractivity (Wildman–Crippen MR) is 148 cm³/mol. The summed E-state index contributed by atoms with van der Waals surface area (Å²) in [5.74, 6) is 2.52. The van der Waals surface area contributed by atoms with Crippen molar-refractivity contribution in [3.8, 4) is 11.5 Å². The number of rotatable bonds is 13. The van der Waals surface area contributed by atoms with Crippen molar-refractivity contribution in [3.63, 3.8) is 0 Å². The molecule has 0 aliphatic carbocycles. The van der Waals surface area contributed by atoms with Gasteiger partial charge >= 0.3 is 0 Å². The molecular formula is C31H35N3O3. The Kier molecular flexibility index (Phi) is 8.98. The van der Waals surface area contributed by atoms with Crippen LogP contribution in [-0.4, -0.2) is 29.2 Å². The highest BCUT2D eigenvalue weighted by molar-refractivity contribution is 5.79. The third-order valence-corrected chi connectivity index (χ3v) is 6.34. The molecule has 0 fully saturated rings. The summed E-state index contributed by atoms with van der Waals surface area (Å²) in [5, 5.41) is 3.13. The third kappa shape index (κ3) is 6.79. The first kappa shape index (κ1) is 26.0. The molecule has 3 aromatic carbocycles. The molecule has 37 heavy (non-hydrogen) atoms. The van der Waals surface area contributed by atoms with E-state index in [2.05, 4.69) is 28.6 Å². The summed E-state index contributed by atoms with van der Waals surface area (Å²) in [5.41, 5.74) is 4.10. The van der Waals surface area contributed by atoms with Gasteiger partial charge in [0, 0.05) is 6.54 Å². The Bertz CT molecular complexity index is 1330. The first-order valence-corrected chi connectivity index (χ1v) is 12.8. The van der Waals surface area contributed by atoms with Gasteiger partial charge in [-0.15, -0.1) is 6.58 Å². The van der Waals surface area contributed by atoms with E-state index in [0.717, 1.165) is 65.3 Å². The van der Waals surface area contributed by atoms with E-state index in [1.165, 1.54) is 0 Å². The number of carbonyl (C=O) groups is 1. The number of carbonyl (C=O) groups excluding carboxylic acids is 1. The molecule has 0 radical (unpaired) electrons. The number of aromatic nitrogens is 2. The third-order valence-electron chi connectivity index (χ3n) is 6.34. The highest BCUT2D eigenvalue weighted by atomic mass is 16.5. The van der Waals surface area contributed by atoms with Gasteiger partial charge in [0.05, 0.1) is 37.2 Å². The number of allylic oxidation sites excluding steroid dienone is 1. The maximum Gasteiger partial charge on any atom is 0.224 e. The topological polar surface area (TPSA) is 65.4 Å². The molecule has 1 aromatic heterocycles. The van der Waals surface area contributed by atoms with Gasteiger partial charge in [-0.1, -0.05) is 48.5 Å². The van der Waals surface area contributed by atoms with Crippen molar-refractivity contribution < 1.29 is 14.3 Å². The number of fused-ring (bicyclic) bond motifs is 1. The van der Waals surface area contributed by atoms with Gasteiger partial charge in [-0.2, -0.15) is 0 Å². The number of amides is 1. The molecule has 1 heterocycles. The lowest BCUT2D eigenvalue weighted by atomic mass is 10.1. The van der Waals surface area contributed by atoms with Crippen molar-refractivity contribution in [1.82, 2.24) is 14.9 Å².